The van der Waals surface area contributed by atoms with E-state index in [2.05, 4.69) is 41.8 Å². The number of benzene rings is 1. The third-order valence-corrected chi connectivity index (χ3v) is 4.28. The summed E-state index contributed by atoms with van der Waals surface area (Å²) in [4.78, 5) is 12.1. The van der Waals surface area contributed by atoms with Crippen LogP contribution in [0.1, 0.15) is 30.5 Å². The molecule has 18 heavy (non-hydrogen) atoms. The Kier molecular flexibility index (Phi) is 3.08. The molecule has 1 saturated heterocycles. The Morgan fingerprint density at radius 1 is 1.33 bits per heavy atom. The second kappa shape index (κ2) is 4.73. The van der Waals surface area contributed by atoms with Crippen LogP contribution >= 0.6 is 0 Å². The second-order valence-corrected chi connectivity index (χ2v) is 5.56. The summed E-state index contributed by atoms with van der Waals surface area (Å²) in [6, 6.07) is 8.70. The van der Waals surface area contributed by atoms with Gasteiger partial charge in [-0.15, -0.1) is 0 Å². The van der Waals surface area contributed by atoms with E-state index >= 15 is 0 Å². The summed E-state index contributed by atoms with van der Waals surface area (Å²) in [5.41, 5.74) is 2.71. The maximum atomic E-state index is 12.1. The predicted molar refractivity (Wildman–Crippen MR) is 71.2 cm³/mol. The van der Waals surface area contributed by atoms with Gasteiger partial charge in [0, 0.05) is 13.1 Å². The topological polar surface area (TPSA) is 41.1 Å². The lowest BCUT2D eigenvalue weighted by Gasteiger charge is -2.35. The van der Waals surface area contributed by atoms with Crippen molar-refractivity contribution < 1.29 is 4.79 Å². The number of carbonyl (C=O) groups is 1. The van der Waals surface area contributed by atoms with Crippen molar-refractivity contribution in [2.24, 2.45) is 11.8 Å². The van der Waals surface area contributed by atoms with E-state index in [1.165, 1.54) is 11.1 Å². The van der Waals surface area contributed by atoms with Crippen LogP contribution in [0.4, 0.5) is 0 Å². The maximum absolute atomic E-state index is 12.1. The number of fused-ring (bicyclic) bond motifs is 1. The van der Waals surface area contributed by atoms with Crippen LogP contribution < -0.4 is 10.6 Å². The SMILES string of the molecule is CC1CCc2ccccc2C1NC(=O)C1CNC1. The Morgan fingerprint density at radius 2 is 2.11 bits per heavy atom. The number of aryl methyl sites for hydroxylation is 1. The zero-order valence-corrected chi connectivity index (χ0v) is 10.8. The lowest BCUT2D eigenvalue weighted by atomic mass is 9.80. The van der Waals surface area contributed by atoms with Gasteiger partial charge in [0.2, 0.25) is 5.91 Å². The minimum absolute atomic E-state index is 0.172. The van der Waals surface area contributed by atoms with E-state index in [1.807, 2.05) is 0 Å². The van der Waals surface area contributed by atoms with Crippen molar-refractivity contribution in [3.8, 4) is 0 Å². The molecule has 96 valence electrons. The van der Waals surface area contributed by atoms with Gasteiger partial charge in [-0.1, -0.05) is 31.2 Å². The van der Waals surface area contributed by atoms with Crippen molar-refractivity contribution in [3.05, 3.63) is 35.4 Å². The van der Waals surface area contributed by atoms with Crippen molar-refractivity contribution in [2.75, 3.05) is 13.1 Å². The number of nitrogens with one attached hydrogen (secondary N) is 2. The van der Waals surface area contributed by atoms with Gasteiger partial charge < -0.3 is 10.6 Å². The average Bonchev–Trinajstić information content (AvgIpc) is 2.31. The van der Waals surface area contributed by atoms with Gasteiger partial charge in [0.15, 0.2) is 0 Å². The van der Waals surface area contributed by atoms with Crippen molar-refractivity contribution in [2.45, 2.75) is 25.8 Å². The van der Waals surface area contributed by atoms with Crippen molar-refractivity contribution in [1.82, 2.24) is 10.6 Å². The fourth-order valence-corrected chi connectivity index (χ4v) is 2.89. The predicted octanol–water partition coefficient (Wildman–Crippen LogP) is 1.65. The number of carbonyl (C=O) groups excluding carboxylic acids is 1. The van der Waals surface area contributed by atoms with Crippen molar-refractivity contribution >= 4 is 5.91 Å². The highest BCUT2D eigenvalue weighted by molar-refractivity contribution is 5.80. The van der Waals surface area contributed by atoms with Crippen LogP contribution in [0.3, 0.4) is 0 Å². The first-order valence-corrected chi connectivity index (χ1v) is 6.84. The van der Waals surface area contributed by atoms with E-state index in [1.54, 1.807) is 0 Å². The molecular weight excluding hydrogens is 224 g/mol. The highest BCUT2D eigenvalue weighted by Crippen LogP contribution is 2.34. The molecule has 2 aliphatic rings. The van der Waals surface area contributed by atoms with Gasteiger partial charge in [-0.3, -0.25) is 4.79 Å². The monoisotopic (exact) mass is 244 g/mol. The van der Waals surface area contributed by atoms with E-state index in [0.717, 1.165) is 25.9 Å². The van der Waals surface area contributed by atoms with Gasteiger partial charge in [0.1, 0.15) is 0 Å². The molecular formula is C15H20N2O. The fraction of sp³-hybridized carbons (Fsp3) is 0.533. The van der Waals surface area contributed by atoms with Gasteiger partial charge in [-0.05, 0) is 29.9 Å². The minimum Gasteiger partial charge on any atom is -0.349 e. The smallest absolute Gasteiger partial charge is 0.226 e. The Labute approximate surface area is 108 Å². The number of hydrogen-bond acceptors (Lipinski definition) is 2. The summed E-state index contributed by atoms with van der Waals surface area (Å²) in [5.74, 6) is 0.908. The number of hydrogen-bond donors (Lipinski definition) is 2. The van der Waals surface area contributed by atoms with E-state index in [-0.39, 0.29) is 17.9 Å². The zero-order chi connectivity index (χ0) is 12.5. The zero-order valence-electron chi connectivity index (χ0n) is 10.8. The standard InChI is InChI=1S/C15H20N2O/c1-10-6-7-11-4-2-3-5-13(11)14(10)17-15(18)12-8-16-9-12/h2-5,10,12,14,16H,6-9H2,1H3,(H,17,18). The maximum Gasteiger partial charge on any atom is 0.226 e. The van der Waals surface area contributed by atoms with Crippen LogP contribution in [0, 0.1) is 11.8 Å². The molecule has 3 rings (SSSR count). The molecule has 0 spiro atoms. The van der Waals surface area contributed by atoms with E-state index in [0.29, 0.717) is 5.92 Å². The number of amides is 1. The molecule has 0 bridgehead atoms. The van der Waals surface area contributed by atoms with Crippen molar-refractivity contribution in [3.63, 3.8) is 0 Å². The molecule has 1 amide bonds. The molecule has 1 heterocycles. The van der Waals surface area contributed by atoms with E-state index in [9.17, 15) is 4.79 Å². The van der Waals surface area contributed by atoms with Gasteiger partial charge in [0.25, 0.3) is 0 Å². The van der Waals surface area contributed by atoms with Crippen LogP contribution in [0.15, 0.2) is 24.3 Å². The first-order valence-electron chi connectivity index (χ1n) is 6.84. The Balaban J connectivity index is 1.79. The Bertz CT molecular complexity index is 454. The molecule has 0 saturated carbocycles. The Morgan fingerprint density at radius 3 is 2.83 bits per heavy atom. The molecule has 1 aromatic rings. The molecule has 0 aromatic heterocycles. The van der Waals surface area contributed by atoms with Crippen LogP contribution in [-0.2, 0) is 11.2 Å². The molecule has 1 aliphatic heterocycles. The first-order chi connectivity index (χ1) is 8.75. The molecule has 2 N–H and O–H groups in total. The number of rotatable bonds is 2. The summed E-state index contributed by atoms with van der Waals surface area (Å²) in [6.07, 6.45) is 2.29. The van der Waals surface area contributed by atoms with Gasteiger partial charge in [0.05, 0.1) is 12.0 Å². The van der Waals surface area contributed by atoms with Crippen LogP contribution in [-0.4, -0.2) is 19.0 Å². The van der Waals surface area contributed by atoms with Crippen LogP contribution in [0.2, 0.25) is 0 Å². The van der Waals surface area contributed by atoms with E-state index in [4.69, 9.17) is 0 Å². The van der Waals surface area contributed by atoms with Crippen molar-refractivity contribution in [1.29, 1.82) is 0 Å². The largest absolute Gasteiger partial charge is 0.349 e. The summed E-state index contributed by atoms with van der Waals surface area (Å²) >= 11 is 0. The van der Waals surface area contributed by atoms with Gasteiger partial charge in [-0.25, -0.2) is 0 Å². The summed E-state index contributed by atoms with van der Waals surface area (Å²) in [7, 11) is 0. The fourth-order valence-electron chi connectivity index (χ4n) is 2.89. The molecule has 1 fully saturated rings. The highest BCUT2D eigenvalue weighted by atomic mass is 16.2. The molecule has 0 radical (unpaired) electrons. The van der Waals surface area contributed by atoms with E-state index < -0.39 is 0 Å². The third-order valence-electron chi connectivity index (χ3n) is 4.28. The molecule has 3 nitrogen and oxygen atoms in total. The lowest BCUT2D eigenvalue weighted by Crippen LogP contribution is -2.52. The van der Waals surface area contributed by atoms with Gasteiger partial charge in [-0.2, -0.15) is 0 Å². The molecule has 2 unspecified atom stereocenters. The quantitative estimate of drug-likeness (QED) is 0.830. The molecule has 2 atom stereocenters. The normalized spacial score (nSPS) is 27.2. The van der Waals surface area contributed by atoms with Gasteiger partial charge >= 0.3 is 0 Å². The minimum atomic E-state index is 0.172. The second-order valence-electron chi connectivity index (χ2n) is 5.56. The molecule has 3 heteroatoms. The van der Waals surface area contributed by atoms with Crippen LogP contribution in [0.5, 0.6) is 0 Å². The van der Waals surface area contributed by atoms with Crippen LogP contribution in [0.25, 0.3) is 0 Å². The average molecular weight is 244 g/mol. The summed E-state index contributed by atoms with van der Waals surface area (Å²) < 4.78 is 0. The Hall–Kier alpha value is -1.35. The first kappa shape index (κ1) is 11.7. The lowest BCUT2D eigenvalue weighted by molar-refractivity contribution is -0.127. The summed E-state index contributed by atoms with van der Waals surface area (Å²) in [5, 5.41) is 6.40. The highest BCUT2D eigenvalue weighted by Gasteiger charge is 2.31. The molecule has 1 aromatic carbocycles. The third kappa shape index (κ3) is 2.03. The molecule has 1 aliphatic carbocycles. The summed E-state index contributed by atoms with van der Waals surface area (Å²) in [6.45, 7) is 3.89.